The number of fused-ring (bicyclic) bond motifs is 1. The third kappa shape index (κ3) is 3.44. The maximum absolute atomic E-state index is 12.7. The summed E-state index contributed by atoms with van der Waals surface area (Å²) in [6.45, 7) is 4.58. The van der Waals surface area contributed by atoms with Crippen LogP contribution in [0.15, 0.2) is 36.7 Å². The molecule has 1 N–H and O–H groups in total. The predicted molar refractivity (Wildman–Crippen MR) is 93.3 cm³/mol. The van der Waals surface area contributed by atoms with Gasteiger partial charge in [0.2, 0.25) is 0 Å². The van der Waals surface area contributed by atoms with Gasteiger partial charge >= 0.3 is 0 Å². The molecule has 2 heterocycles. The van der Waals surface area contributed by atoms with Crippen LogP contribution in [0.2, 0.25) is 0 Å². The van der Waals surface area contributed by atoms with Gasteiger partial charge in [0.1, 0.15) is 12.2 Å². The summed E-state index contributed by atoms with van der Waals surface area (Å²) in [5, 5.41) is 10.4. The maximum atomic E-state index is 12.7. The standard InChI is InChI=1S/C19H22N2O4/c1-19(2,24-3)18(23)21-7-8-25-17-15(12-21)9-14(10-16(17)22)13-5-4-6-20-11-13/h4-6,9-11,22H,7-8,12H2,1-3H3. The summed E-state index contributed by atoms with van der Waals surface area (Å²) in [4.78, 5) is 18.5. The van der Waals surface area contributed by atoms with Gasteiger partial charge in [-0.05, 0) is 37.6 Å². The fourth-order valence-corrected chi connectivity index (χ4v) is 2.84. The molecule has 132 valence electrons. The second-order valence-corrected chi connectivity index (χ2v) is 6.51. The van der Waals surface area contributed by atoms with Crippen LogP contribution in [0.5, 0.6) is 11.5 Å². The Morgan fingerprint density at radius 1 is 1.36 bits per heavy atom. The highest BCUT2D eigenvalue weighted by atomic mass is 16.5. The first-order chi connectivity index (χ1) is 11.9. The van der Waals surface area contributed by atoms with Gasteiger partial charge in [-0.3, -0.25) is 9.78 Å². The third-order valence-electron chi connectivity index (χ3n) is 4.42. The smallest absolute Gasteiger partial charge is 0.254 e. The minimum absolute atomic E-state index is 0.0663. The predicted octanol–water partition coefficient (Wildman–Crippen LogP) is 2.60. The van der Waals surface area contributed by atoms with E-state index in [1.165, 1.54) is 7.11 Å². The van der Waals surface area contributed by atoms with Crippen molar-refractivity contribution in [3.63, 3.8) is 0 Å². The molecule has 1 aromatic carbocycles. The number of carbonyl (C=O) groups is 1. The van der Waals surface area contributed by atoms with Crippen LogP contribution in [0.4, 0.5) is 0 Å². The van der Waals surface area contributed by atoms with E-state index in [2.05, 4.69) is 4.98 Å². The number of amides is 1. The van der Waals surface area contributed by atoms with Crippen LogP contribution in [0, 0.1) is 0 Å². The first-order valence-electron chi connectivity index (χ1n) is 8.16. The molecule has 0 fully saturated rings. The highest BCUT2D eigenvalue weighted by molar-refractivity contribution is 5.84. The number of phenols is 1. The van der Waals surface area contributed by atoms with Gasteiger partial charge in [0.25, 0.3) is 5.91 Å². The second kappa shape index (κ2) is 6.72. The van der Waals surface area contributed by atoms with Gasteiger partial charge in [0.05, 0.1) is 6.54 Å². The van der Waals surface area contributed by atoms with E-state index in [-0.39, 0.29) is 11.7 Å². The van der Waals surface area contributed by atoms with Gasteiger partial charge < -0.3 is 19.5 Å². The van der Waals surface area contributed by atoms with Crippen LogP contribution in [0.1, 0.15) is 19.4 Å². The Kier molecular flexibility index (Phi) is 4.63. The van der Waals surface area contributed by atoms with E-state index >= 15 is 0 Å². The number of hydrogen-bond donors (Lipinski definition) is 1. The molecule has 0 saturated heterocycles. The molecule has 6 nitrogen and oxygen atoms in total. The Labute approximate surface area is 147 Å². The van der Waals surface area contributed by atoms with Crippen LogP contribution < -0.4 is 4.74 Å². The molecule has 0 atom stereocenters. The highest BCUT2D eigenvalue weighted by Crippen LogP contribution is 2.37. The summed E-state index contributed by atoms with van der Waals surface area (Å²) in [5.74, 6) is 0.382. The van der Waals surface area contributed by atoms with Crippen LogP contribution >= 0.6 is 0 Å². The Bertz CT molecular complexity index is 774. The van der Waals surface area contributed by atoms with Crippen LogP contribution in [-0.2, 0) is 16.1 Å². The topological polar surface area (TPSA) is 71.9 Å². The molecule has 25 heavy (non-hydrogen) atoms. The minimum Gasteiger partial charge on any atom is -0.504 e. The molecule has 0 bridgehead atoms. The Hall–Kier alpha value is -2.60. The maximum Gasteiger partial charge on any atom is 0.254 e. The SMILES string of the molecule is COC(C)(C)C(=O)N1CCOc2c(O)cc(-c3cccnc3)cc2C1. The average molecular weight is 342 g/mol. The molecule has 0 aliphatic carbocycles. The number of aromatic hydroxyl groups is 1. The fourth-order valence-electron chi connectivity index (χ4n) is 2.84. The number of nitrogens with zero attached hydrogens (tertiary/aromatic N) is 2. The fraction of sp³-hybridized carbons (Fsp3) is 0.368. The van der Waals surface area contributed by atoms with Gasteiger partial charge in [0.15, 0.2) is 11.5 Å². The molecule has 3 rings (SSSR count). The lowest BCUT2D eigenvalue weighted by molar-refractivity contribution is -0.151. The van der Waals surface area contributed by atoms with Crippen molar-refractivity contribution in [2.75, 3.05) is 20.3 Å². The van der Waals surface area contributed by atoms with Crippen molar-refractivity contribution in [2.45, 2.75) is 26.0 Å². The number of rotatable bonds is 3. The van der Waals surface area contributed by atoms with Crippen molar-refractivity contribution < 1.29 is 19.4 Å². The largest absolute Gasteiger partial charge is 0.504 e. The lowest BCUT2D eigenvalue weighted by Gasteiger charge is -2.29. The normalized spacial score (nSPS) is 14.4. The Morgan fingerprint density at radius 3 is 2.84 bits per heavy atom. The molecule has 6 heteroatoms. The zero-order chi connectivity index (χ0) is 18.0. The average Bonchev–Trinajstić information content (AvgIpc) is 2.84. The number of benzene rings is 1. The second-order valence-electron chi connectivity index (χ2n) is 6.51. The highest BCUT2D eigenvalue weighted by Gasteiger charge is 2.33. The van der Waals surface area contributed by atoms with E-state index in [9.17, 15) is 9.90 Å². The van der Waals surface area contributed by atoms with E-state index in [1.54, 1.807) is 37.2 Å². The lowest BCUT2D eigenvalue weighted by Crippen LogP contribution is -2.46. The number of methoxy groups -OCH3 is 1. The molecular formula is C19H22N2O4. The number of hydrogen-bond acceptors (Lipinski definition) is 5. The number of aromatic nitrogens is 1. The monoisotopic (exact) mass is 342 g/mol. The molecule has 0 saturated carbocycles. The van der Waals surface area contributed by atoms with E-state index in [0.717, 1.165) is 16.7 Å². The van der Waals surface area contributed by atoms with Crippen molar-refractivity contribution in [1.82, 2.24) is 9.88 Å². The van der Waals surface area contributed by atoms with Crippen molar-refractivity contribution >= 4 is 5.91 Å². The zero-order valence-electron chi connectivity index (χ0n) is 14.7. The molecule has 0 unspecified atom stereocenters. The summed E-state index contributed by atoms with van der Waals surface area (Å²) < 4.78 is 11.0. The van der Waals surface area contributed by atoms with E-state index in [1.807, 2.05) is 18.2 Å². The molecule has 1 amide bonds. The van der Waals surface area contributed by atoms with Crippen molar-refractivity contribution in [3.8, 4) is 22.6 Å². The Morgan fingerprint density at radius 2 is 2.16 bits per heavy atom. The third-order valence-corrected chi connectivity index (χ3v) is 4.42. The number of pyridine rings is 1. The first-order valence-corrected chi connectivity index (χ1v) is 8.16. The van der Waals surface area contributed by atoms with E-state index < -0.39 is 5.60 Å². The summed E-state index contributed by atoms with van der Waals surface area (Å²) in [6.07, 6.45) is 3.43. The molecule has 1 aliphatic heterocycles. The number of carbonyl (C=O) groups excluding carboxylic acids is 1. The van der Waals surface area contributed by atoms with Crippen molar-refractivity contribution in [1.29, 1.82) is 0 Å². The summed E-state index contributed by atoms with van der Waals surface area (Å²) in [7, 11) is 1.52. The van der Waals surface area contributed by atoms with Crippen molar-refractivity contribution in [3.05, 3.63) is 42.2 Å². The quantitative estimate of drug-likeness (QED) is 0.928. The Balaban J connectivity index is 1.97. The van der Waals surface area contributed by atoms with Gasteiger partial charge in [0, 0.05) is 37.2 Å². The van der Waals surface area contributed by atoms with Gasteiger partial charge in [-0.25, -0.2) is 0 Å². The van der Waals surface area contributed by atoms with E-state index in [0.29, 0.717) is 25.4 Å². The van der Waals surface area contributed by atoms with Crippen LogP contribution in [-0.4, -0.2) is 46.8 Å². The lowest BCUT2D eigenvalue weighted by atomic mass is 10.0. The van der Waals surface area contributed by atoms with Crippen LogP contribution in [0.25, 0.3) is 11.1 Å². The molecule has 1 aromatic heterocycles. The van der Waals surface area contributed by atoms with Gasteiger partial charge in [-0.2, -0.15) is 0 Å². The first kappa shape index (κ1) is 17.2. The van der Waals surface area contributed by atoms with Gasteiger partial charge in [-0.1, -0.05) is 6.07 Å². The molecule has 1 aliphatic rings. The molecule has 2 aromatic rings. The number of ether oxygens (including phenoxy) is 2. The molecule has 0 spiro atoms. The zero-order valence-corrected chi connectivity index (χ0v) is 14.7. The summed E-state index contributed by atoms with van der Waals surface area (Å²) in [5.41, 5.74) is 1.57. The molecule has 0 radical (unpaired) electrons. The van der Waals surface area contributed by atoms with Crippen LogP contribution in [0.3, 0.4) is 0 Å². The van der Waals surface area contributed by atoms with Gasteiger partial charge in [-0.15, -0.1) is 0 Å². The molecular weight excluding hydrogens is 320 g/mol. The van der Waals surface area contributed by atoms with E-state index in [4.69, 9.17) is 9.47 Å². The number of phenolic OH excluding ortho intramolecular Hbond substituents is 1. The summed E-state index contributed by atoms with van der Waals surface area (Å²) in [6, 6.07) is 7.35. The minimum atomic E-state index is -0.909. The summed E-state index contributed by atoms with van der Waals surface area (Å²) >= 11 is 0. The van der Waals surface area contributed by atoms with Crippen molar-refractivity contribution in [2.24, 2.45) is 0 Å².